The van der Waals surface area contributed by atoms with Gasteiger partial charge in [-0.1, -0.05) is 11.6 Å². The van der Waals surface area contributed by atoms with Crippen molar-refractivity contribution < 1.29 is 18.7 Å². The van der Waals surface area contributed by atoms with E-state index in [0.29, 0.717) is 22.9 Å². The van der Waals surface area contributed by atoms with Gasteiger partial charge < -0.3 is 19.2 Å². The summed E-state index contributed by atoms with van der Waals surface area (Å²) in [6.45, 7) is 5.75. The zero-order valence-electron chi connectivity index (χ0n) is 15.4. The van der Waals surface area contributed by atoms with E-state index in [9.17, 15) is 4.79 Å². The number of carbonyl (C=O) groups excluding carboxylic acids is 1. The molecule has 1 heterocycles. The number of rotatable bonds is 8. The Morgan fingerprint density at radius 2 is 2.12 bits per heavy atom. The van der Waals surface area contributed by atoms with E-state index in [1.54, 1.807) is 31.6 Å². The van der Waals surface area contributed by atoms with Crippen LogP contribution in [0.2, 0.25) is 5.02 Å². The number of hydrogen-bond acceptors (Lipinski definition) is 4. The molecule has 0 radical (unpaired) electrons. The van der Waals surface area contributed by atoms with E-state index in [1.165, 1.54) is 6.08 Å². The summed E-state index contributed by atoms with van der Waals surface area (Å²) in [5.74, 6) is 1.66. The summed E-state index contributed by atoms with van der Waals surface area (Å²) in [7, 11) is 1.55. The monoisotopic (exact) mass is 377 g/mol. The fraction of sp³-hybridized carbons (Fsp3) is 0.350. The van der Waals surface area contributed by atoms with Crippen LogP contribution in [0.15, 0.2) is 41.0 Å². The van der Waals surface area contributed by atoms with Gasteiger partial charge in [-0.3, -0.25) is 4.79 Å². The van der Waals surface area contributed by atoms with Gasteiger partial charge in [0.1, 0.15) is 5.76 Å². The third-order valence-electron chi connectivity index (χ3n) is 3.51. The Morgan fingerprint density at radius 3 is 2.73 bits per heavy atom. The molecule has 0 saturated carbocycles. The first-order chi connectivity index (χ1) is 12.4. The first-order valence-corrected chi connectivity index (χ1v) is 8.82. The molecule has 0 bridgehead atoms. The van der Waals surface area contributed by atoms with Gasteiger partial charge in [-0.05, 0) is 56.7 Å². The van der Waals surface area contributed by atoms with Gasteiger partial charge in [0.2, 0.25) is 5.91 Å². The van der Waals surface area contributed by atoms with Crippen LogP contribution in [-0.4, -0.2) is 25.2 Å². The van der Waals surface area contributed by atoms with E-state index in [4.69, 9.17) is 25.5 Å². The van der Waals surface area contributed by atoms with Crippen molar-refractivity contribution in [3.05, 3.63) is 53.0 Å². The van der Waals surface area contributed by atoms with E-state index < -0.39 is 0 Å². The molecule has 0 fully saturated rings. The number of furan rings is 1. The molecule has 1 atom stereocenters. The van der Waals surface area contributed by atoms with Crippen LogP contribution in [0.4, 0.5) is 0 Å². The van der Waals surface area contributed by atoms with Crippen molar-refractivity contribution in [2.75, 3.05) is 7.11 Å². The highest BCUT2D eigenvalue weighted by molar-refractivity contribution is 6.32. The van der Waals surface area contributed by atoms with Crippen LogP contribution in [0.1, 0.15) is 32.1 Å². The average Bonchev–Trinajstić information content (AvgIpc) is 3.07. The van der Waals surface area contributed by atoms with E-state index in [2.05, 4.69) is 5.32 Å². The summed E-state index contributed by atoms with van der Waals surface area (Å²) >= 11 is 6.29. The van der Waals surface area contributed by atoms with Gasteiger partial charge in [-0.2, -0.15) is 0 Å². The van der Waals surface area contributed by atoms with Gasteiger partial charge in [0.05, 0.1) is 24.5 Å². The molecule has 0 aliphatic rings. The number of carbonyl (C=O) groups is 1. The Kier molecular flexibility index (Phi) is 7.16. The molecule has 1 N–H and O–H groups in total. The summed E-state index contributed by atoms with van der Waals surface area (Å²) in [6.07, 6.45) is 5.38. The van der Waals surface area contributed by atoms with Gasteiger partial charge >= 0.3 is 0 Å². The quantitative estimate of drug-likeness (QED) is 0.688. The second kappa shape index (κ2) is 9.34. The fourth-order valence-electron chi connectivity index (χ4n) is 2.43. The highest BCUT2D eigenvalue weighted by Crippen LogP contribution is 2.37. The lowest BCUT2D eigenvalue weighted by atomic mass is 10.1. The molecule has 2 rings (SSSR count). The van der Waals surface area contributed by atoms with Gasteiger partial charge in [-0.15, -0.1) is 0 Å². The lowest BCUT2D eigenvalue weighted by molar-refractivity contribution is -0.117. The van der Waals surface area contributed by atoms with Gasteiger partial charge in [0, 0.05) is 18.5 Å². The van der Waals surface area contributed by atoms with Crippen LogP contribution in [0.3, 0.4) is 0 Å². The maximum Gasteiger partial charge on any atom is 0.244 e. The van der Waals surface area contributed by atoms with Crippen LogP contribution in [0.5, 0.6) is 11.5 Å². The molecular formula is C20H24ClNO4. The van der Waals surface area contributed by atoms with Crippen molar-refractivity contribution >= 4 is 23.6 Å². The van der Waals surface area contributed by atoms with Crippen LogP contribution in [-0.2, 0) is 11.2 Å². The van der Waals surface area contributed by atoms with Crippen molar-refractivity contribution in [2.45, 2.75) is 39.3 Å². The standard InChI is InChI=1S/C20H24ClNO4/c1-13(2)26-20-17(21)11-15(12-18(20)24-4)7-8-19(23)22-14(3)10-16-6-5-9-25-16/h5-9,11-14H,10H2,1-4H3,(H,22,23)/b8-7+. The normalized spacial score (nSPS) is 12.4. The number of methoxy groups -OCH3 is 1. The van der Waals surface area contributed by atoms with Crippen LogP contribution < -0.4 is 14.8 Å². The van der Waals surface area contributed by atoms with Crippen molar-refractivity contribution in [3.8, 4) is 11.5 Å². The van der Waals surface area contributed by atoms with Crippen molar-refractivity contribution in [3.63, 3.8) is 0 Å². The second-order valence-corrected chi connectivity index (χ2v) is 6.63. The molecular weight excluding hydrogens is 354 g/mol. The summed E-state index contributed by atoms with van der Waals surface area (Å²) in [5.41, 5.74) is 0.747. The Bertz CT molecular complexity index is 753. The summed E-state index contributed by atoms with van der Waals surface area (Å²) in [4.78, 5) is 12.1. The zero-order chi connectivity index (χ0) is 19.1. The first kappa shape index (κ1) is 19.9. The molecule has 1 aromatic carbocycles. The minimum atomic E-state index is -0.193. The minimum Gasteiger partial charge on any atom is -0.493 e. The number of nitrogens with one attached hydrogen (secondary N) is 1. The Morgan fingerprint density at radius 1 is 1.35 bits per heavy atom. The molecule has 1 unspecified atom stereocenters. The smallest absolute Gasteiger partial charge is 0.244 e. The molecule has 0 spiro atoms. The second-order valence-electron chi connectivity index (χ2n) is 6.23. The molecule has 0 saturated heterocycles. The van der Waals surface area contributed by atoms with Crippen LogP contribution in [0.25, 0.3) is 6.08 Å². The molecule has 26 heavy (non-hydrogen) atoms. The van der Waals surface area contributed by atoms with E-state index in [-0.39, 0.29) is 18.1 Å². The van der Waals surface area contributed by atoms with Crippen LogP contribution >= 0.6 is 11.6 Å². The topological polar surface area (TPSA) is 60.7 Å². The van der Waals surface area contributed by atoms with Gasteiger partial charge in [-0.25, -0.2) is 0 Å². The lowest BCUT2D eigenvalue weighted by Gasteiger charge is -2.15. The molecule has 0 aliphatic heterocycles. The maximum atomic E-state index is 12.1. The van der Waals surface area contributed by atoms with Crippen LogP contribution in [0, 0.1) is 0 Å². The minimum absolute atomic E-state index is 0.0239. The third kappa shape index (κ3) is 5.85. The Balaban J connectivity index is 2.02. The van der Waals surface area contributed by atoms with Crippen molar-refractivity contribution in [2.24, 2.45) is 0 Å². The lowest BCUT2D eigenvalue weighted by Crippen LogP contribution is -2.32. The van der Waals surface area contributed by atoms with E-state index in [1.807, 2.05) is 32.9 Å². The third-order valence-corrected chi connectivity index (χ3v) is 3.79. The zero-order valence-corrected chi connectivity index (χ0v) is 16.2. The van der Waals surface area contributed by atoms with E-state index in [0.717, 1.165) is 11.3 Å². The SMILES string of the molecule is COc1cc(/C=C/C(=O)NC(C)Cc2ccco2)cc(Cl)c1OC(C)C. The molecule has 5 nitrogen and oxygen atoms in total. The molecule has 0 aliphatic carbocycles. The molecule has 1 aromatic heterocycles. The predicted molar refractivity (Wildman–Crippen MR) is 103 cm³/mol. The van der Waals surface area contributed by atoms with E-state index >= 15 is 0 Å². The van der Waals surface area contributed by atoms with Gasteiger partial charge in [0.15, 0.2) is 11.5 Å². The average molecular weight is 378 g/mol. The molecule has 140 valence electrons. The number of benzene rings is 1. The summed E-state index contributed by atoms with van der Waals surface area (Å²) in [5, 5.41) is 3.33. The number of halogens is 1. The Labute approximate surface area is 158 Å². The van der Waals surface area contributed by atoms with Gasteiger partial charge in [0.25, 0.3) is 0 Å². The number of amides is 1. The summed E-state index contributed by atoms with van der Waals surface area (Å²) in [6, 6.07) is 7.18. The molecule has 2 aromatic rings. The molecule has 6 heteroatoms. The maximum absolute atomic E-state index is 12.1. The fourth-order valence-corrected chi connectivity index (χ4v) is 2.69. The summed E-state index contributed by atoms with van der Waals surface area (Å²) < 4.78 is 16.3. The Hall–Kier alpha value is -2.40. The number of hydrogen-bond donors (Lipinski definition) is 1. The predicted octanol–water partition coefficient (Wildman–Crippen LogP) is 4.49. The largest absolute Gasteiger partial charge is 0.493 e. The first-order valence-electron chi connectivity index (χ1n) is 8.44. The molecule has 1 amide bonds. The van der Waals surface area contributed by atoms with Crippen molar-refractivity contribution in [1.29, 1.82) is 0 Å². The van der Waals surface area contributed by atoms with Crippen molar-refractivity contribution in [1.82, 2.24) is 5.32 Å². The number of ether oxygens (including phenoxy) is 2. The highest BCUT2D eigenvalue weighted by atomic mass is 35.5. The highest BCUT2D eigenvalue weighted by Gasteiger charge is 2.13.